The van der Waals surface area contributed by atoms with Crippen molar-refractivity contribution < 1.29 is 0 Å². The highest BCUT2D eigenvalue weighted by Crippen LogP contribution is 2.24. The van der Waals surface area contributed by atoms with Crippen LogP contribution in [0.4, 0.5) is 0 Å². The molecular formula is C11H14N4S. The van der Waals surface area contributed by atoms with Crippen LogP contribution in [0.3, 0.4) is 0 Å². The van der Waals surface area contributed by atoms with Crippen molar-refractivity contribution in [2.45, 2.75) is 18.8 Å². The quantitative estimate of drug-likeness (QED) is 0.835. The van der Waals surface area contributed by atoms with Gasteiger partial charge < -0.3 is 5.32 Å². The van der Waals surface area contributed by atoms with Gasteiger partial charge in [0.1, 0.15) is 5.82 Å². The smallest absolute Gasteiger partial charge is 0.191 e. The Balaban J connectivity index is 1.82. The van der Waals surface area contributed by atoms with Crippen LogP contribution in [0.5, 0.6) is 0 Å². The molecule has 1 aliphatic rings. The molecule has 1 atom stereocenters. The number of hydrogen-bond donors (Lipinski definition) is 2. The van der Waals surface area contributed by atoms with Crippen LogP contribution < -0.4 is 5.32 Å². The molecule has 0 aromatic carbocycles. The lowest BCUT2D eigenvalue weighted by molar-refractivity contribution is 0.447. The van der Waals surface area contributed by atoms with Gasteiger partial charge in [0.25, 0.3) is 0 Å². The summed E-state index contributed by atoms with van der Waals surface area (Å²) in [6.07, 6.45) is 2.42. The van der Waals surface area contributed by atoms with E-state index in [4.69, 9.17) is 0 Å². The van der Waals surface area contributed by atoms with Crippen molar-refractivity contribution in [3.05, 3.63) is 23.3 Å². The predicted molar refractivity (Wildman–Crippen MR) is 64.5 cm³/mol. The van der Waals surface area contributed by atoms with Crippen molar-refractivity contribution >= 4 is 11.3 Å². The van der Waals surface area contributed by atoms with Gasteiger partial charge in [-0.05, 0) is 30.8 Å². The monoisotopic (exact) mass is 234 g/mol. The van der Waals surface area contributed by atoms with Crippen molar-refractivity contribution in [1.82, 2.24) is 20.5 Å². The SMILES string of the molecule is c1csc(-c2n[nH]c(C3CCCNC3)n2)c1. The third kappa shape index (κ3) is 1.88. The van der Waals surface area contributed by atoms with Gasteiger partial charge in [-0.25, -0.2) is 4.98 Å². The van der Waals surface area contributed by atoms with Crippen LogP contribution in [0.2, 0.25) is 0 Å². The lowest BCUT2D eigenvalue weighted by Gasteiger charge is -2.20. The van der Waals surface area contributed by atoms with Crippen LogP contribution in [0.1, 0.15) is 24.6 Å². The van der Waals surface area contributed by atoms with E-state index in [2.05, 4.69) is 26.6 Å². The third-order valence-corrected chi connectivity index (χ3v) is 3.79. The van der Waals surface area contributed by atoms with Crippen LogP contribution in [0, 0.1) is 0 Å². The Morgan fingerprint density at radius 3 is 3.19 bits per heavy atom. The standard InChI is InChI=1S/C11H14N4S/c1-3-8(7-12-5-1)10-13-11(15-14-10)9-4-2-6-16-9/h2,4,6,8,12H,1,3,5,7H2,(H,13,14,15). The van der Waals surface area contributed by atoms with Gasteiger partial charge in [0, 0.05) is 12.5 Å². The third-order valence-electron chi connectivity index (χ3n) is 2.93. The minimum atomic E-state index is 0.495. The van der Waals surface area contributed by atoms with Gasteiger partial charge in [-0.3, -0.25) is 5.10 Å². The lowest BCUT2D eigenvalue weighted by Crippen LogP contribution is -2.28. The van der Waals surface area contributed by atoms with Crippen molar-refractivity contribution in [1.29, 1.82) is 0 Å². The predicted octanol–water partition coefficient (Wildman–Crippen LogP) is 2.00. The number of aromatic nitrogens is 3. The Bertz CT molecular complexity index is 442. The van der Waals surface area contributed by atoms with Crippen LogP contribution in [-0.2, 0) is 0 Å². The van der Waals surface area contributed by atoms with Crippen molar-refractivity contribution in [2.24, 2.45) is 0 Å². The molecule has 2 N–H and O–H groups in total. The normalized spacial score (nSPS) is 21.1. The second-order valence-electron chi connectivity index (χ2n) is 4.06. The summed E-state index contributed by atoms with van der Waals surface area (Å²) in [5, 5.41) is 12.8. The minimum Gasteiger partial charge on any atom is -0.316 e. The van der Waals surface area contributed by atoms with Gasteiger partial charge in [-0.1, -0.05) is 6.07 Å². The van der Waals surface area contributed by atoms with Crippen molar-refractivity contribution in [3.8, 4) is 10.7 Å². The zero-order valence-corrected chi connectivity index (χ0v) is 9.76. The van der Waals surface area contributed by atoms with E-state index in [1.807, 2.05) is 11.4 Å². The Hall–Kier alpha value is -1.20. The van der Waals surface area contributed by atoms with Gasteiger partial charge >= 0.3 is 0 Å². The van der Waals surface area contributed by atoms with Crippen LogP contribution in [0.15, 0.2) is 17.5 Å². The van der Waals surface area contributed by atoms with Gasteiger partial charge in [0.05, 0.1) is 4.88 Å². The molecule has 2 aromatic rings. The molecule has 2 aromatic heterocycles. The van der Waals surface area contributed by atoms with Gasteiger partial charge in [0.2, 0.25) is 0 Å². The first-order valence-corrected chi connectivity index (χ1v) is 6.48. The molecule has 1 fully saturated rings. The molecule has 0 radical (unpaired) electrons. The van der Waals surface area contributed by atoms with E-state index < -0.39 is 0 Å². The van der Waals surface area contributed by atoms with E-state index in [1.54, 1.807) is 11.3 Å². The Morgan fingerprint density at radius 1 is 1.44 bits per heavy atom. The molecule has 0 saturated carbocycles. The minimum absolute atomic E-state index is 0.495. The van der Waals surface area contributed by atoms with E-state index in [0.717, 1.165) is 29.6 Å². The molecule has 84 valence electrons. The first kappa shape index (κ1) is 9.99. The second kappa shape index (κ2) is 4.35. The largest absolute Gasteiger partial charge is 0.316 e. The highest BCUT2D eigenvalue weighted by Gasteiger charge is 2.19. The molecular weight excluding hydrogens is 220 g/mol. The molecule has 3 rings (SSSR count). The van der Waals surface area contributed by atoms with Gasteiger partial charge in [-0.2, -0.15) is 5.10 Å². The van der Waals surface area contributed by atoms with Gasteiger partial charge in [-0.15, -0.1) is 11.3 Å². The second-order valence-corrected chi connectivity index (χ2v) is 5.01. The molecule has 0 bridgehead atoms. The fraction of sp³-hybridized carbons (Fsp3) is 0.455. The number of piperidine rings is 1. The fourth-order valence-electron chi connectivity index (χ4n) is 2.06. The molecule has 16 heavy (non-hydrogen) atoms. The number of thiophene rings is 1. The summed E-state index contributed by atoms with van der Waals surface area (Å²) in [5.74, 6) is 2.35. The molecule has 1 aliphatic heterocycles. The number of H-pyrrole nitrogens is 1. The molecule has 3 heterocycles. The number of aromatic amines is 1. The zero-order chi connectivity index (χ0) is 10.8. The summed E-state index contributed by atoms with van der Waals surface area (Å²) in [4.78, 5) is 5.71. The highest BCUT2D eigenvalue weighted by molar-refractivity contribution is 7.13. The summed E-state index contributed by atoms with van der Waals surface area (Å²) < 4.78 is 0. The van der Waals surface area contributed by atoms with Crippen molar-refractivity contribution in [2.75, 3.05) is 13.1 Å². The molecule has 5 heteroatoms. The highest BCUT2D eigenvalue weighted by atomic mass is 32.1. The number of nitrogens with zero attached hydrogens (tertiary/aromatic N) is 2. The topological polar surface area (TPSA) is 53.6 Å². The van der Waals surface area contributed by atoms with E-state index >= 15 is 0 Å². The first-order valence-electron chi connectivity index (χ1n) is 5.60. The van der Waals surface area contributed by atoms with Crippen LogP contribution in [-0.4, -0.2) is 28.3 Å². The zero-order valence-electron chi connectivity index (χ0n) is 8.94. The number of rotatable bonds is 2. The molecule has 0 amide bonds. The molecule has 1 saturated heterocycles. The summed E-state index contributed by atoms with van der Waals surface area (Å²) >= 11 is 1.68. The van der Waals surface area contributed by atoms with E-state index in [0.29, 0.717) is 5.92 Å². The maximum atomic E-state index is 4.58. The van der Waals surface area contributed by atoms with Crippen LogP contribution >= 0.6 is 11.3 Å². The van der Waals surface area contributed by atoms with E-state index in [-0.39, 0.29) is 0 Å². The van der Waals surface area contributed by atoms with Crippen LogP contribution in [0.25, 0.3) is 10.7 Å². The average Bonchev–Trinajstić information content (AvgIpc) is 3.01. The molecule has 1 unspecified atom stereocenters. The first-order chi connectivity index (χ1) is 7.93. The summed E-state index contributed by atoms with van der Waals surface area (Å²) in [6, 6.07) is 4.08. The van der Waals surface area contributed by atoms with E-state index in [1.165, 1.54) is 12.8 Å². The summed E-state index contributed by atoms with van der Waals surface area (Å²) in [5.41, 5.74) is 0. The molecule has 0 spiro atoms. The number of hydrogen-bond acceptors (Lipinski definition) is 4. The maximum absolute atomic E-state index is 4.58. The lowest BCUT2D eigenvalue weighted by atomic mass is 9.99. The Kier molecular flexibility index (Phi) is 2.71. The van der Waals surface area contributed by atoms with Crippen molar-refractivity contribution in [3.63, 3.8) is 0 Å². The summed E-state index contributed by atoms with van der Waals surface area (Å²) in [6.45, 7) is 2.14. The molecule has 4 nitrogen and oxygen atoms in total. The van der Waals surface area contributed by atoms with E-state index in [9.17, 15) is 0 Å². The fourth-order valence-corrected chi connectivity index (χ4v) is 2.72. The number of nitrogens with one attached hydrogen (secondary N) is 2. The average molecular weight is 234 g/mol. The van der Waals surface area contributed by atoms with Gasteiger partial charge in [0.15, 0.2) is 5.82 Å². The molecule has 0 aliphatic carbocycles. The Labute approximate surface area is 98.1 Å². The maximum Gasteiger partial charge on any atom is 0.191 e. The Morgan fingerprint density at radius 2 is 2.44 bits per heavy atom. The summed E-state index contributed by atoms with van der Waals surface area (Å²) in [7, 11) is 0.